The van der Waals surface area contributed by atoms with E-state index in [1.165, 1.54) is 12.1 Å². The predicted molar refractivity (Wildman–Crippen MR) is 57.6 cm³/mol. The largest absolute Gasteiger partial charge is 0.480 e. The second-order valence-electron chi connectivity index (χ2n) is 4.04. The van der Waals surface area contributed by atoms with E-state index in [-0.39, 0.29) is 5.82 Å². The maximum Gasteiger partial charge on any atom is 0.325 e. The molecule has 1 N–H and O–H groups in total. The topological polar surface area (TPSA) is 40.5 Å². The summed E-state index contributed by atoms with van der Waals surface area (Å²) in [7, 11) is 0. The zero-order valence-electron chi connectivity index (χ0n) is 8.90. The molecule has 2 rings (SSSR count). The van der Waals surface area contributed by atoms with Crippen molar-refractivity contribution >= 4 is 5.97 Å². The molecule has 0 amide bonds. The van der Waals surface area contributed by atoms with Crippen LogP contribution in [0.4, 0.5) is 4.39 Å². The van der Waals surface area contributed by atoms with Gasteiger partial charge in [0.05, 0.1) is 0 Å². The molecule has 4 heteroatoms. The Bertz CT molecular complexity index is 371. The Morgan fingerprint density at radius 1 is 1.25 bits per heavy atom. The van der Waals surface area contributed by atoms with Crippen LogP contribution in [0.5, 0.6) is 0 Å². The van der Waals surface area contributed by atoms with Crippen molar-refractivity contribution in [1.29, 1.82) is 0 Å². The van der Waals surface area contributed by atoms with E-state index in [4.69, 9.17) is 0 Å². The Labute approximate surface area is 93.5 Å². The molecule has 1 atom stereocenters. The molecule has 0 aliphatic carbocycles. The van der Waals surface area contributed by atoms with Gasteiger partial charge in [-0.25, -0.2) is 4.39 Å². The molecule has 1 aromatic rings. The molecule has 86 valence electrons. The molecular formula is C12H14FNO2. The molecule has 1 fully saturated rings. The fourth-order valence-corrected chi connectivity index (χ4v) is 2.15. The number of carbonyl (C=O) groups is 1. The van der Waals surface area contributed by atoms with Crippen LogP contribution in [0.2, 0.25) is 0 Å². The SMILES string of the molecule is O=C(O)[C@H](c1ccc(F)cc1)N1CCCC1. The number of carboxylic acid groups (broad SMARTS) is 1. The Morgan fingerprint density at radius 3 is 2.31 bits per heavy atom. The molecule has 1 aliphatic rings. The summed E-state index contributed by atoms with van der Waals surface area (Å²) in [4.78, 5) is 13.2. The maximum atomic E-state index is 12.8. The molecule has 0 bridgehead atoms. The zero-order chi connectivity index (χ0) is 11.5. The number of aliphatic carboxylic acids is 1. The average Bonchev–Trinajstić information content (AvgIpc) is 2.74. The van der Waals surface area contributed by atoms with E-state index in [2.05, 4.69) is 0 Å². The van der Waals surface area contributed by atoms with Crippen LogP contribution in [0.15, 0.2) is 24.3 Å². The molecule has 1 aromatic carbocycles. The number of likely N-dealkylation sites (tertiary alicyclic amines) is 1. The molecule has 1 aliphatic heterocycles. The van der Waals surface area contributed by atoms with Gasteiger partial charge in [0, 0.05) is 0 Å². The van der Waals surface area contributed by atoms with Gasteiger partial charge < -0.3 is 5.11 Å². The van der Waals surface area contributed by atoms with Gasteiger partial charge in [0.2, 0.25) is 0 Å². The number of hydrogen-bond donors (Lipinski definition) is 1. The fraction of sp³-hybridized carbons (Fsp3) is 0.417. The first-order chi connectivity index (χ1) is 7.68. The van der Waals surface area contributed by atoms with Crippen LogP contribution < -0.4 is 0 Å². The molecule has 0 saturated carbocycles. The van der Waals surface area contributed by atoms with Gasteiger partial charge in [-0.15, -0.1) is 0 Å². The molecule has 1 saturated heterocycles. The summed E-state index contributed by atoms with van der Waals surface area (Å²) < 4.78 is 12.8. The van der Waals surface area contributed by atoms with Gasteiger partial charge in [-0.2, -0.15) is 0 Å². The molecular weight excluding hydrogens is 209 g/mol. The molecule has 0 spiro atoms. The highest BCUT2D eigenvalue weighted by atomic mass is 19.1. The Morgan fingerprint density at radius 2 is 1.81 bits per heavy atom. The smallest absolute Gasteiger partial charge is 0.325 e. The highest BCUT2D eigenvalue weighted by Gasteiger charge is 2.29. The van der Waals surface area contributed by atoms with Crippen molar-refractivity contribution in [3.8, 4) is 0 Å². The summed E-state index contributed by atoms with van der Waals surface area (Å²) in [6.07, 6.45) is 2.07. The molecule has 1 heterocycles. The zero-order valence-corrected chi connectivity index (χ0v) is 8.90. The summed E-state index contributed by atoms with van der Waals surface area (Å²) in [5, 5.41) is 9.22. The van der Waals surface area contributed by atoms with E-state index < -0.39 is 12.0 Å². The number of rotatable bonds is 3. The van der Waals surface area contributed by atoms with Crippen molar-refractivity contribution in [3.63, 3.8) is 0 Å². The maximum absolute atomic E-state index is 12.8. The van der Waals surface area contributed by atoms with E-state index in [1.807, 2.05) is 4.90 Å². The lowest BCUT2D eigenvalue weighted by Crippen LogP contribution is -2.31. The highest BCUT2D eigenvalue weighted by Crippen LogP contribution is 2.25. The summed E-state index contributed by atoms with van der Waals surface area (Å²) in [6, 6.07) is 5.07. The van der Waals surface area contributed by atoms with Gasteiger partial charge in [-0.3, -0.25) is 9.69 Å². The van der Waals surface area contributed by atoms with Gasteiger partial charge >= 0.3 is 5.97 Å². The second kappa shape index (κ2) is 4.61. The Balaban J connectivity index is 2.24. The Kier molecular flexibility index (Phi) is 3.19. The van der Waals surface area contributed by atoms with Crippen molar-refractivity contribution in [2.75, 3.05) is 13.1 Å². The Hall–Kier alpha value is -1.42. The van der Waals surface area contributed by atoms with Crippen molar-refractivity contribution in [2.45, 2.75) is 18.9 Å². The van der Waals surface area contributed by atoms with E-state index in [0.29, 0.717) is 5.56 Å². The van der Waals surface area contributed by atoms with Crippen molar-refractivity contribution in [3.05, 3.63) is 35.6 Å². The summed E-state index contributed by atoms with van der Waals surface area (Å²) in [6.45, 7) is 1.60. The van der Waals surface area contributed by atoms with Crippen molar-refractivity contribution < 1.29 is 14.3 Å². The van der Waals surface area contributed by atoms with Crippen LogP contribution in [0.3, 0.4) is 0 Å². The lowest BCUT2D eigenvalue weighted by atomic mass is 10.1. The predicted octanol–water partition coefficient (Wildman–Crippen LogP) is 2.05. The average molecular weight is 223 g/mol. The van der Waals surface area contributed by atoms with E-state index in [0.717, 1.165) is 25.9 Å². The normalized spacial score (nSPS) is 18.6. The number of halogens is 1. The van der Waals surface area contributed by atoms with Crippen LogP contribution in [0.1, 0.15) is 24.4 Å². The molecule has 0 aromatic heterocycles. The minimum Gasteiger partial charge on any atom is -0.480 e. The third kappa shape index (κ3) is 2.22. The minimum atomic E-state index is -0.867. The van der Waals surface area contributed by atoms with Gasteiger partial charge in [-0.05, 0) is 43.6 Å². The lowest BCUT2D eigenvalue weighted by Gasteiger charge is -2.23. The molecule has 0 radical (unpaired) electrons. The fourth-order valence-electron chi connectivity index (χ4n) is 2.15. The highest BCUT2D eigenvalue weighted by molar-refractivity contribution is 5.75. The van der Waals surface area contributed by atoms with E-state index >= 15 is 0 Å². The first-order valence-corrected chi connectivity index (χ1v) is 5.41. The quantitative estimate of drug-likeness (QED) is 0.852. The summed E-state index contributed by atoms with van der Waals surface area (Å²) in [5.74, 6) is -1.21. The van der Waals surface area contributed by atoms with Crippen LogP contribution in [-0.2, 0) is 4.79 Å². The first-order valence-electron chi connectivity index (χ1n) is 5.41. The standard InChI is InChI=1S/C12H14FNO2/c13-10-5-3-9(4-6-10)11(12(15)16)14-7-1-2-8-14/h3-6,11H,1-2,7-8H2,(H,15,16)/t11-/m0/s1. The van der Waals surface area contributed by atoms with Gasteiger partial charge in [0.15, 0.2) is 0 Å². The molecule has 0 unspecified atom stereocenters. The first kappa shape index (κ1) is 11.1. The number of benzene rings is 1. The third-order valence-corrected chi connectivity index (χ3v) is 2.93. The van der Waals surface area contributed by atoms with E-state index in [9.17, 15) is 14.3 Å². The van der Waals surface area contributed by atoms with Crippen molar-refractivity contribution in [2.24, 2.45) is 0 Å². The third-order valence-electron chi connectivity index (χ3n) is 2.93. The van der Waals surface area contributed by atoms with Gasteiger partial charge in [-0.1, -0.05) is 12.1 Å². The minimum absolute atomic E-state index is 0.339. The van der Waals surface area contributed by atoms with Gasteiger partial charge in [0.1, 0.15) is 11.9 Å². The van der Waals surface area contributed by atoms with Crippen LogP contribution in [0.25, 0.3) is 0 Å². The summed E-state index contributed by atoms with van der Waals surface area (Å²) >= 11 is 0. The molecule has 16 heavy (non-hydrogen) atoms. The van der Waals surface area contributed by atoms with Crippen LogP contribution in [-0.4, -0.2) is 29.1 Å². The summed E-state index contributed by atoms with van der Waals surface area (Å²) in [5.41, 5.74) is 0.649. The number of hydrogen-bond acceptors (Lipinski definition) is 2. The molecule has 3 nitrogen and oxygen atoms in total. The monoisotopic (exact) mass is 223 g/mol. The van der Waals surface area contributed by atoms with Crippen LogP contribution in [0, 0.1) is 5.82 Å². The number of nitrogens with zero attached hydrogens (tertiary/aromatic N) is 1. The van der Waals surface area contributed by atoms with Gasteiger partial charge in [0.25, 0.3) is 0 Å². The lowest BCUT2D eigenvalue weighted by molar-refractivity contribution is -0.143. The van der Waals surface area contributed by atoms with E-state index in [1.54, 1.807) is 12.1 Å². The second-order valence-corrected chi connectivity index (χ2v) is 4.04. The van der Waals surface area contributed by atoms with Crippen LogP contribution >= 0.6 is 0 Å². The number of carboxylic acids is 1. The van der Waals surface area contributed by atoms with Crippen molar-refractivity contribution in [1.82, 2.24) is 4.90 Å².